The minimum atomic E-state index is -0.113. The molecule has 5 heteroatoms. The quantitative estimate of drug-likeness (QED) is 0.889. The smallest absolute Gasteiger partial charge is 0.253 e. The number of carbonyl (C=O) groups excluding carboxylic acids is 2. The van der Waals surface area contributed by atoms with Crippen molar-refractivity contribution in [1.29, 1.82) is 0 Å². The second-order valence-electron chi connectivity index (χ2n) is 5.84. The number of likely N-dealkylation sites (tertiary alicyclic amines) is 1. The zero-order valence-corrected chi connectivity index (χ0v) is 13.5. The molecule has 0 aromatic heterocycles. The Hall–Kier alpha value is -2.82. The Bertz CT molecular complexity index is 692. The lowest BCUT2D eigenvalue weighted by Gasteiger charge is -2.15. The summed E-state index contributed by atoms with van der Waals surface area (Å²) in [4.78, 5) is 26.1. The molecule has 0 atom stereocenters. The van der Waals surface area contributed by atoms with Crippen LogP contribution in [0.2, 0.25) is 0 Å². The summed E-state index contributed by atoms with van der Waals surface area (Å²) in [6.07, 6.45) is 2.17. The maximum absolute atomic E-state index is 12.3. The fourth-order valence-electron chi connectivity index (χ4n) is 2.74. The topological polar surface area (TPSA) is 61.4 Å². The summed E-state index contributed by atoms with van der Waals surface area (Å²) in [6.45, 7) is 1.87. The summed E-state index contributed by atoms with van der Waals surface area (Å²) in [6, 6.07) is 16.6. The van der Waals surface area contributed by atoms with Gasteiger partial charge in [-0.25, -0.2) is 0 Å². The summed E-state index contributed by atoms with van der Waals surface area (Å²) < 4.78 is 0. The first kappa shape index (κ1) is 16.1. The summed E-state index contributed by atoms with van der Waals surface area (Å²) >= 11 is 0. The number of nitrogens with one attached hydrogen (secondary N) is 2. The van der Waals surface area contributed by atoms with Crippen molar-refractivity contribution in [3.05, 3.63) is 60.2 Å². The lowest BCUT2D eigenvalue weighted by Crippen LogP contribution is -2.27. The molecular formula is C19H21N3O2. The first-order chi connectivity index (χ1) is 11.7. The first-order valence-corrected chi connectivity index (χ1v) is 8.20. The lowest BCUT2D eigenvalue weighted by molar-refractivity contribution is -0.114. The molecule has 1 heterocycles. The highest BCUT2D eigenvalue weighted by molar-refractivity contribution is 5.95. The summed E-state index contributed by atoms with van der Waals surface area (Å²) in [5, 5.41) is 5.88. The van der Waals surface area contributed by atoms with Gasteiger partial charge in [-0.15, -0.1) is 0 Å². The van der Waals surface area contributed by atoms with E-state index in [1.54, 1.807) is 12.1 Å². The highest BCUT2D eigenvalue weighted by Gasteiger charge is 2.19. The van der Waals surface area contributed by atoms with Gasteiger partial charge in [0.05, 0.1) is 6.54 Å². The van der Waals surface area contributed by atoms with Crippen LogP contribution in [0.3, 0.4) is 0 Å². The lowest BCUT2D eigenvalue weighted by atomic mass is 10.2. The number of nitrogens with zero attached hydrogens (tertiary/aromatic N) is 1. The minimum Gasteiger partial charge on any atom is -0.376 e. The van der Waals surface area contributed by atoms with E-state index in [0.29, 0.717) is 5.56 Å². The van der Waals surface area contributed by atoms with Crippen LogP contribution in [0.25, 0.3) is 0 Å². The van der Waals surface area contributed by atoms with Crippen LogP contribution in [-0.2, 0) is 4.79 Å². The van der Waals surface area contributed by atoms with Gasteiger partial charge in [-0.2, -0.15) is 0 Å². The number of benzene rings is 2. The summed E-state index contributed by atoms with van der Waals surface area (Å²) in [5.74, 6) is -0.0284. The SMILES string of the molecule is O=C(CNc1ccc(C(=O)N2CCCC2)cc1)Nc1ccccc1. The van der Waals surface area contributed by atoms with Gasteiger partial charge < -0.3 is 15.5 Å². The molecule has 2 amide bonds. The molecular weight excluding hydrogens is 302 g/mol. The van der Waals surface area contributed by atoms with E-state index >= 15 is 0 Å². The molecule has 24 heavy (non-hydrogen) atoms. The van der Waals surface area contributed by atoms with Gasteiger partial charge in [0.1, 0.15) is 0 Å². The van der Waals surface area contributed by atoms with Crippen LogP contribution in [0.5, 0.6) is 0 Å². The molecule has 0 bridgehead atoms. The molecule has 2 aromatic carbocycles. The second-order valence-corrected chi connectivity index (χ2v) is 5.84. The Morgan fingerprint density at radius 3 is 2.21 bits per heavy atom. The van der Waals surface area contributed by atoms with Crippen LogP contribution < -0.4 is 10.6 Å². The number of amides is 2. The molecule has 1 saturated heterocycles. The van der Waals surface area contributed by atoms with E-state index in [0.717, 1.165) is 37.3 Å². The predicted molar refractivity (Wildman–Crippen MR) is 95.1 cm³/mol. The summed E-state index contributed by atoms with van der Waals surface area (Å²) in [5.41, 5.74) is 2.28. The third-order valence-electron chi connectivity index (χ3n) is 4.04. The van der Waals surface area contributed by atoms with Gasteiger partial charge in [-0.05, 0) is 49.2 Å². The highest BCUT2D eigenvalue weighted by Crippen LogP contribution is 2.15. The van der Waals surface area contributed by atoms with Crippen LogP contribution in [0, 0.1) is 0 Å². The fraction of sp³-hybridized carbons (Fsp3) is 0.263. The highest BCUT2D eigenvalue weighted by atomic mass is 16.2. The number of rotatable bonds is 5. The standard InChI is InChI=1S/C19H21N3O2/c23-18(21-17-6-2-1-3-7-17)14-20-16-10-8-15(9-11-16)19(24)22-12-4-5-13-22/h1-3,6-11,20H,4-5,12-14H2,(H,21,23). The maximum Gasteiger partial charge on any atom is 0.253 e. The fourth-order valence-corrected chi connectivity index (χ4v) is 2.74. The largest absolute Gasteiger partial charge is 0.376 e. The Balaban J connectivity index is 1.50. The number of hydrogen-bond donors (Lipinski definition) is 2. The van der Waals surface area contributed by atoms with E-state index in [-0.39, 0.29) is 18.4 Å². The van der Waals surface area contributed by atoms with Crippen molar-refractivity contribution in [3.8, 4) is 0 Å². The van der Waals surface area contributed by atoms with Crippen molar-refractivity contribution in [1.82, 2.24) is 4.90 Å². The molecule has 0 aliphatic carbocycles. The van der Waals surface area contributed by atoms with Crippen LogP contribution in [0.15, 0.2) is 54.6 Å². The van der Waals surface area contributed by atoms with Gasteiger partial charge in [0.2, 0.25) is 5.91 Å². The third-order valence-corrected chi connectivity index (χ3v) is 4.04. The molecule has 124 valence electrons. The van der Waals surface area contributed by atoms with Crippen LogP contribution in [-0.4, -0.2) is 36.3 Å². The normalized spacial score (nSPS) is 13.6. The molecule has 0 spiro atoms. The van der Waals surface area contributed by atoms with Gasteiger partial charge in [0.25, 0.3) is 5.91 Å². The molecule has 1 fully saturated rings. The van der Waals surface area contributed by atoms with Crippen molar-refractivity contribution in [2.45, 2.75) is 12.8 Å². The molecule has 0 saturated carbocycles. The van der Waals surface area contributed by atoms with Gasteiger partial charge in [0, 0.05) is 30.0 Å². The number of anilines is 2. The van der Waals surface area contributed by atoms with Crippen LogP contribution in [0.1, 0.15) is 23.2 Å². The van der Waals surface area contributed by atoms with E-state index in [1.165, 1.54) is 0 Å². The van der Waals surface area contributed by atoms with Gasteiger partial charge in [0.15, 0.2) is 0 Å². The minimum absolute atomic E-state index is 0.0841. The van der Waals surface area contributed by atoms with Crippen molar-refractivity contribution >= 4 is 23.2 Å². The van der Waals surface area contributed by atoms with E-state index in [1.807, 2.05) is 47.4 Å². The first-order valence-electron chi connectivity index (χ1n) is 8.20. The Morgan fingerprint density at radius 1 is 0.875 bits per heavy atom. The molecule has 0 unspecified atom stereocenters. The Morgan fingerprint density at radius 2 is 1.54 bits per heavy atom. The zero-order chi connectivity index (χ0) is 16.8. The second kappa shape index (κ2) is 7.64. The third kappa shape index (κ3) is 4.13. The van der Waals surface area contributed by atoms with Gasteiger partial charge in [-0.1, -0.05) is 18.2 Å². The Kier molecular flexibility index (Phi) is 5.11. The summed E-state index contributed by atoms with van der Waals surface area (Å²) in [7, 11) is 0. The predicted octanol–water partition coefficient (Wildman–Crippen LogP) is 2.97. The monoisotopic (exact) mass is 323 g/mol. The number of para-hydroxylation sites is 1. The average molecular weight is 323 g/mol. The molecule has 2 aromatic rings. The van der Waals surface area contributed by atoms with Crippen LogP contribution in [0.4, 0.5) is 11.4 Å². The van der Waals surface area contributed by atoms with Crippen molar-refractivity contribution in [3.63, 3.8) is 0 Å². The number of hydrogen-bond acceptors (Lipinski definition) is 3. The molecule has 0 radical (unpaired) electrons. The maximum atomic E-state index is 12.3. The zero-order valence-electron chi connectivity index (χ0n) is 13.5. The van der Waals surface area contributed by atoms with E-state index < -0.39 is 0 Å². The van der Waals surface area contributed by atoms with E-state index in [2.05, 4.69) is 10.6 Å². The molecule has 5 nitrogen and oxygen atoms in total. The van der Waals surface area contributed by atoms with Gasteiger partial charge >= 0.3 is 0 Å². The van der Waals surface area contributed by atoms with Crippen LogP contribution >= 0.6 is 0 Å². The van der Waals surface area contributed by atoms with Crippen molar-refractivity contribution < 1.29 is 9.59 Å². The Labute approximate surface area is 141 Å². The molecule has 1 aliphatic heterocycles. The van der Waals surface area contributed by atoms with E-state index in [4.69, 9.17) is 0 Å². The van der Waals surface area contributed by atoms with Crippen molar-refractivity contribution in [2.75, 3.05) is 30.3 Å². The molecule has 1 aliphatic rings. The van der Waals surface area contributed by atoms with Gasteiger partial charge in [-0.3, -0.25) is 9.59 Å². The average Bonchev–Trinajstić information content (AvgIpc) is 3.15. The molecule has 3 rings (SSSR count). The van der Waals surface area contributed by atoms with E-state index in [9.17, 15) is 9.59 Å². The molecule has 2 N–H and O–H groups in total. The number of carbonyl (C=O) groups is 2. The van der Waals surface area contributed by atoms with Crippen molar-refractivity contribution in [2.24, 2.45) is 0 Å².